The summed E-state index contributed by atoms with van der Waals surface area (Å²) in [6.07, 6.45) is 1.83. The summed E-state index contributed by atoms with van der Waals surface area (Å²) in [5.74, 6) is -0.0642. The van der Waals surface area contributed by atoms with E-state index in [9.17, 15) is 9.59 Å². The van der Waals surface area contributed by atoms with Gasteiger partial charge in [-0.05, 0) is 61.7 Å². The summed E-state index contributed by atoms with van der Waals surface area (Å²) in [5.41, 5.74) is 3.32. The molecule has 0 aliphatic rings. The zero-order chi connectivity index (χ0) is 18.9. The van der Waals surface area contributed by atoms with Crippen molar-refractivity contribution >= 4 is 17.6 Å². The molecule has 0 aromatic heterocycles. The van der Waals surface area contributed by atoms with Gasteiger partial charge in [0.05, 0.1) is 12.2 Å². The van der Waals surface area contributed by atoms with Crippen molar-refractivity contribution < 1.29 is 19.1 Å². The van der Waals surface area contributed by atoms with Gasteiger partial charge in [0.15, 0.2) is 6.61 Å². The minimum absolute atomic E-state index is 0.103. The Labute approximate surface area is 154 Å². The summed E-state index contributed by atoms with van der Waals surface area (Å²) in [6, 6.07) is 12.5. The number of nitrogens with one attached hydrogen (secondary N) is 1. The van der Waals surface area contributed by atoms with Gasteiger partial charge >= 0.3 is 5.97 Å². The van der Waals surface area contributed by atoms with Gasteiger partial charge in [-0.3, -0.25) is 4.79 Å². The Morgan fingerprint density at radius 2 is 1.77 bits per heavy atom. The van der Waals surface area contributed by atoms with Crippen molar-refractivity contribution in [2.24, 2.45) is 0 Å². The van der Waals surface area contributed by atoms with Gasteiger partial charge in [-0.25, -0.2) is 4.79 Å². The predicted octanol–water partition coefficient (Wildman–Crippen LogP) is 4.28. The number of aryl methyl sites for hydroxylation is 2. The maximum absolute atomic E-state index is 12.1. The van der Waals surface area contributed by atoms with Crippen LogP contribution in [-0.2, 0) is 9.53 Å². The number of esters is 1. The van der Waals surface area contributed by atoms with E-state index >= 15 is 0 Å². The van der Waals surface area contributed by atoms with Crippen molar-refractivity contribution in [3.05, 3.63) is 59.2 Å². The third-order valence-electron chi connectivity index (χ3n) is 3.86. The molecule has 138 valence electrons. The quantitative estimate of drug-likeness (QED) is 0.567. The van der Waals surface area contributed by atoms with Crippen LogP contribution in [0.25, 0.3) is 0 Å². The van der Waals surface area contributed by atoms with E-state index in [0.29, 0.717) is 17.9 Å². The highest BCUT2D eigenvalue weighted by Crippen LogP contribution is 2.17. The Morgan fingerprint density at radius 3 is 2.46 bits per heavy atom. The van der Waals surface area contributed by atoms with Crippen LogP contribution in [-0.4, -0.2) is 25.1 Å². The van der Waals surface area contributed by atoms with E-state index in [1.165, 1.54) is 0 Å². The number of ether oxygens (including phenoxy) is 2. The number of anilines is 1. The molecule has 0 aliphatic heterocycles. The normalized spacial score (nSPS) is 10.3. The van der Waals surface area contributed by atoms with Gasteiger partial charge in [0, 0.05) is 5.69 Å². The molecule has 5 nitrogen and oxygen atoms in total. The first kappa shape index (κ1) is 19.5. The predicted molar refractivity (Wildman–Crippen MR) is 102 cm³/mol. The first-order valence-corrected chi connectivity index (χ1v) is 8.76. The summed E-state index contributed by atoms with van der Waals surface area (Å²) >= 11 is 0. The van der Waals surface area contributed by atoms with Crippen molar-refractivity contribution in [3.63, 3.8) is 0 Å². The van der Waals surface area contributed by atoms with Crippen LogP contribution in [0.4, 0.5) is 5.69 Å². The summed E-state index contributed by atoms with van der Waals surface area (Å²) in [7, 11) is 0. The highest BCUT2D eigenvalue weighted by molar-refractivity contribution is 5.92. The third kappa shape index (κ3) is 5.92. The summed E-state index contributed by atoms with van der Waals surface area (Å²) < 4.78 is 10.6. The average molecular weight is 355 g/mol. The number of amides is 1. The van der Waals surface area contributed by atoms with Gasteiger partial charge in [-0.15, -0.1) is 0 Å². The van der Waals surface area contributed by atoms with Gasteiger partial charge in [0.25, 0.3) is 5.91 Å². The number of hydrogen-bond acceptors (Lipinski definition) is 4. The molecule has 0 saturated heterocycles. The van der Waals surface area contributed by atoms with E-state index in [1.807, 2.05) is 39.0 Å². The van der Waals surface area contributed by atoms with Gasteiger partial charge in [-0.1, -0.05) is 25.5 Å². The molecular formula is C21H25NO4. The SMILES string of the molecule is CCCCOC(=O)c1ccc(OCC(=O)Nc2cc(C)ccc2C)cc1. The van der Waals surface area contributed by atoms with Gasteiger partial charge in [-0.2, -0.15) is 0 Å². The Bertz CT molecular complexity index is 753. The fourth-order valence-electron chi connectivity index (χ4n) is 2.29. The average Bonchev–Trinajstić information content (AvgIpc) is 2.63. The lowest BCUT2D eigenvalue weighted by atomic mass is 10.1. The molecule has 0 aliphatic carbocycles. The lowest BCUT2D eigenvalue weighted by molar-refractivity contribution is -0.118. The summed E-state index contributed by atoms with van der Waals surface area (Å²) in [4.78, 5) is 23.9. The lowest BCUT2D eigenvalue weighted by Crippen LogP contribution is -2.20. The maximum Gasteiger partial charge on any atom is 0.338 e. The molecule has 2 aromatic rings. The largest absolute Gasteiger partial charge is 0.484 e. The van der Waals surface area contributed by atoms with Crippen LogP contribution >= 0.6 is 0 Å². The van der Waals surface area contributed by atoms with Crippen molar-refractivity contribution in [1.29, 1.82) is 0 Å². The fraction of sp³-hybridized carbons (Fsp3) is 0.333. The molecule has 0 atom stereocenters. The molecule has 0 bridgehead atoms. The van der Waals surface area contributed by atoms with Gasteiger partial charge in [0.2, 0.25) is 0 Å². The smallest absolute Gasteiger partial charge is 0.338 e. The molecule has 0 spiro atoms. The van der Waals surface area contributed by atoms with Crippen LogP contribution in [0.3, 0.4) is 0 Å². The third-order valence-corrected chi connectivity index (χ3v) is 3.86. The van der Waals surface area contributed by atoms with Gasteiger partial charge in [0.1, 0.15) is 5.75 Å². The fourth-order valence-corrected chi connectivity index (χ4v) is 2.29. The van der Waals surface area contributed by atoms with Crippen LogP contribution < -0.4 is 10.1 Å². The molecule has 0 radical (unpaired) electrons. The molecule has 0 saturated carbocycles. The number of benzene rings is 2. The molecule has 2 aromatic carbocycles. The van der Waals surface area contributed by atoms with Crippen molar-refractivity contribution in [1.82, 2.24) is 0 Å². The van der Waals surface area contributed by atoms with Crippen molar-refractivity contribution in [2.45, 2.75) is 33.6 Å². The van der Waals surface area contributed by atoms with E-state index in [1.54, 1.807) is 24.3 Å². The second-order valence-corrected chi connectivity index (χ2v) is 6.17. The highest BCUT2D eigenvalue weighted by Gasteiger charge is 2.09. The van der Waals surface area contributed by atoms with E-state index in [4.69, 9.17) is 9.47 Å². The number of unbranched alkanes of at least 4 members (excludes halogenated alkanes) is 1. The number of carbonyl (C=O) groups is 2. The van der Waals surface area contributed by atoms with Crippen LogP contribution in [0.15, 0.2) is 42.5 Å². The lowest BCUT2D eigenvalue weighted by Gasteiger charge is -2.10. The topological polar surface area (TPSA) is 64.6 Å². The zero-order valence-electron chi connectivity index (χ0n) is 15.5. The molecule has 1 amide bonds. The van der Waals surface area contributed by atoms with Crippen LogP contribution in [0.5, 0.6) is 5.75 Å². The van der Waals surface area contributed by atoms with E-state index in [0.717, 1.165) is 29.7 Å². The van der Waals surface area contributed by atoms with Crippen LogP contribution in [0, 0.1) is 13.8 Å². The van der Waals surface area contributed by atoms with E-state index in [2.05, 4.69) is 5.32 Å². The minimum atomic E-state index is -0.349. The maximum atomic E-state index is 12.1. The number of rotatable bonds is 8. The second kappa shape index (κ2) is 9.61. The molecular weight excluding hydrogens is 330 g/mol. The first-order valence-electron chi connectivity index (χ1n) is 8.76. The van der Waals surface area contributed by atoms with E-state index < -0.39 is 0 Å². The monoisotopic (exact) mass is 355 g/mol. The van der Waals surface area contributed by atoms with E-state index in [-0.39, 0.29) is 18.5 Å². The summed E-state index contributed by atoms with van der Waals surface area (Å²) in [5, 5.41) is 2.84. The van der Waals surface area contributed by atoms with Crippen molar-refractivity contribution in [3.8, 4) is 5.75 Å². The van der Waals surface area contributed by atoms with Crippen molar-refractivity contribution in [2.75, 3.05) is 18.5 Å². The molecule has 0 unspecified atom stereocenters. The Hall–Kier alpha value is -2.82. The number of hydrogen-bond donors (Lipinski definition) is 1. The Balaban J connectivity index is 1.84. The Morgan fingerprint density at radius 1 is 1.04 bits per heavy atom. The molecule has 2 rings (SSSR count). The summed E-state index contributed by atoms with van der Waals surface area (Å²) in [6.45, 7) is 6.27. The molecule has 5 heteroatoms. The first-order chi connectivity index (χ1) is 12.5. The molecule has 1 N–H and O–H groups in total. The standard InChI is InChI=1S/C21H25NO4/c1-4-5-12-25-21(24)17-8-10-18(11-9-17)26-14-20(23)22-19-13-15(2)6-7-16(19)3/h6-11,13H,4-5,12,14H2,1-3H3,(H,22,23). The van der Waals surface area contributed by atoms with Crippen LogP contribution in [0.2, 0.25) is 0 Å². The number of carbonyl (C=O) groups excluding carboxylic acids is 2. The highest BCUT2D eigenvalue weighted by atomic mass is 16.5. The zero-order valence-corrected chi connectivity index (χ0v) is 15.5. The van der Waals surface area contributed by atoms with Gasteiger partial charge < -0.3 is 14.8 Å². The minimum Gasteiger partial charge on any atom is -0.484 e. The second-order valence-electron chi connectivity index (χ2n) is 6.17. The molecule has 0 heterocycles. The molecule has 0 fully saturated rings. The Kier molecular flexibility index (Phi) is 7.21. The van der Waals surface area contributed by atoms with Crippen LogP contribution in [0.1, 0.15) is 41.3 Å². The molecule has 26 heavy (non-hydrogen) atoms.